The number of methoxy groups -OCH3 is 1. The molecule has 4 nitrogen and oxygen atoms in total. The Labute approximate surface area is 67.5 Å². The maximum absolute atomic E-state index is 11.0. The van der Waals surface area contributed by atoms with Crippen LogP contribution in [0.3, 0.4) is 0 Å². The quantitative estimate of drug-likeness (QED) is 0.601. The van der Waals surface area contributed by atoms with Gasteiger partial charge in [-0.2, -0.15) is 0 Å². The lowest BCUT2D eigenvalue weighted by atomic mass is 10.6. The number of hydrogen-bond donors (Lipinski definition) is 1. The Morgan fingerprint density at radius 2 is 2.27 bits per heavy atom. The van der Waals surface area contributed by atoms with Gasteiger partial charge >= 0.3 is 6.03 Å². The monoisotopic (exact) mass is 160 g/mol. The first-order valence-corrected chi connectivity index (χ1v) is 3.70. The van der Waals surface area contributed by atoms with Gasteiger partial charge in [0.2, 0.25) is 0 Å². The SMILES string of the molecule is CCN(C)C(=O)NCCOC. The van der Waals surface area contributed by atoms with Gasteiger partial charge in [-0.15, -0.1) is 0 Å². The average molecular weight is 160 g/mol. The fourth-order valence-electron chi connectivity index (χ4n) is 0.539. The van der Waals surface area contributed by atoms with E-state index in [1.165, 1.54) is 0 Å². The number of nitrogens with zero attached hydrogens (tertiary/aromatic N) is 1. The van der Waals surface area contributed by atoms with Crippen molar-refractivity contribution in [3.63, 3.8) is 0 Å². The molecule has 0 aliphatic heterocycles. The van der Waals surface area contributed by atoms with Crippen LogP contribution < -0.4 is 5.32 Å². The number of ether oxygens (including phenoxy) is 1. The second-order valence-electron chi connectivity index (χ2n) is 2.24. The number of amides is 2. The van der Waals surface area contributed by atoms with E-state index in [4.69, 9.17) is 4.74 Å². The molecule has 0 bridgehead atoms. The molecule has 0 aliphatic rings. The van der Waals surface area contributed by atoms with Gasteiger partial charge in [0.05, 0.1) is 6.61 Å². The highest BCUT2D eigenvalue weighted by Gasteiger charge is 2.02. The van der Waals surface area contributed by atoms with E-state index in [-0.39, 0.29) is 6.03 Å². The zero-order valence-corrected chi connectivity index (χ0v) is 7.39. The van der Waals surface area contributed by atoms with Gasteiger partial charge in [0.25, 0.3) is 0 Å². The van der Waals surface area contributed by atoms with Gasteiger partial charge in [-0.05, 0) is 6.92 Å². The second kappa shape index (κ2) is 5.97. The highest BCUT2D eigenvalue weighted by atomic mass is 16.5. The van der Waals surface area contributed by atoms with Crippen molar-refractivity contribution in [2.45, 2.75) is 6.92 Å². The van der Waals surface area contributed by atoms with Crippen molar-refractivity contribution in [1.82, 2.24) is 10.2 Å². The molecule has 4 heteroatoms. The predicted octanol–water partition coefficient (Wildman–Crippen LogP) is 0.294. The molecule has 0 rings (SSSR count). The molecule has 0 radical (unpaired) electrons. The van der Waals surface area contributed by atoms with Crippen LogP contribution >= 0.6 is 0 Å². The maximum Gasteiger partial charge on any atom is 0.317 e. The summed E-state index contributed by atoms with van der Waals surface area (Å²) in [6.07, 6.45) is 0. The molecular formula is C7H16N2O2. The highest BCUT2D eigenvalue weighted by Crippen LogP contribution is 1.81. The summed E-state index contributed by atoms with van der Waals surface area (Å²) in [6.45, 7) is 3.78. The van der Waals surface area contributed by atoms with Gasteiger partial charge in [0.1, 0.15) is 0 Å². The highest BCUT2D eigenvalue weighted by molar-refractivity contribution is 5.73. The largest absolute Gasteiger partial charge is 0.383 e. The first-order chi connectivity index (χ1) is 5.22. The molecule has 66 valence electrons. The summed E-state index contributed by atoms with van der Waals surface area (Å²) in [6, 6.07) is -0.0513. The van der Waals surface area contributed by atoms with Crippen LogP contribution in [0, 0.1) is 0 Å². The third kappa shape index (κ3) is 4.61. The van der Waals surface area contributed by atoms with Gasteiger partial charge in [0, 0.05) is 27.2 Å². The van der Waals surface area contributed by atoms with Gasteiger partial charge in [-0.25, -0.2) is 4.79 Å². The predicted molar refractivity (Wildman–Crippen MR) is 43.6 cm³/mol. The van der Waals surface area contributed by atoms with Crippen LogP contribution in [-0.4, -0.2) is 44.8 Å². The zero-order valence-electron chi connectivity index (χ0n) is 7.39. The van der Waals surface area contributed by atoms with Crippen molar-refractivity contribution in [3.05, 3.63) is 0 Å². The topological polar surface area (TPSA) is 41.6 Å². The van der Waals surface area contributed by atoms with Gasteiger partial charge in [-0.3, -0.25) is 0 Å². The fraction of sp³-hybridized carbons (Fsp3) is 0.857. The molecular weight excluding hydrogens is 144 g/mol. The lowest BCUT2D eigenvalue weighted by molar-refractivity contribution is 0.186. The van der Waals surface area contributed by atoms with E-state index >= 15 is 0 Å². The smallest absolute Gasteiger partial charge is 0.317 e. The number of carbonyl (C=O) groups is 1. The summed E-state index contributed by atoms with van der Waals surface area (Å²) in [5, 5.41) is 2.70. The summed E-state index contributed by atoms with van der Waals surface area (Å²) in [5.41, 5.74) is 0. The van der Waals surface area contributed by atoms with Crippen molar-refractivity contribution in [1.29, 1.82) is 0 Å². The van der Waals surface area contributed by atoms with Gasteiger partial charge in [-0.1, -0.05) is 0 Å². The lowest BCUT2D eigenvalue weighted by Crippen LogP contribution is -2.38. The van der Waals surface area contributed by atoms with E-state index < -0.39 is 0 Å². The van der Waals surface area contributed by atoms with Crippen molar-refractivity contribution in [2.75, 3.05) is 33.9 Å². The Morgan fingerprint density at radius 1 is 1.64 bits per heavy atom. The Bertz CT molecular complexity index is 117. The van der Waals surface area contributed by atoms with E-state index in [0.29, 0.717) is 13.2 Å². The van der Waals surface area contributed by atoms with Crippen LogP contribution in [0.1, 0.15) is 6.92 Å². The van der Waals surface area contributed by atoms with E-state index in [0.717, 1.165) is 6.54 Å². The minimum Gasteiger partial charge on any atom is -0.383 e. The van der Waals surface area contributed by atoms with Gasteiger partial charge in [0.15, 0.2) is 0 Å². The van der Waals surface area contributed by atoms with Crippen LogP contribution in [0.2, 0.25) is 0 Å². The molecule has 0 atom stereocenters. The molecule has 0 aromatic heterocycles. The minimum absolute atomic E-state index is 0.0513. The number of nitrogens with one attached hydrogen (secondary N) is 1. The third-order valence-corrected chi connectivity index (χ3v) is 1.40. The zero-order chi connectivity index (χ0) is 8.69. The molecule has 0 aromatic carbocycles. The normalized spacial score (nSPS) is 9.36. The third-order valence-electron chi connectivity index (χ3n) is 1.40. The van der Waals surface area contributed by atoms with Crippen molar-refractivity contribution < 1.29 is 9.53 Å². The molecule has 0 aromatic rings. The minimum atomic E-state index is -0.0513. The molecule has 0 saturated heterocycles. The molecule has 11 heavy (non-hydrogen) atoms. The summed E-state index contributed by atoms with van der Waals surface area (Å²) in [7, 11) is 3.36. The first-order valence-electron chi connectivity index (χ1n) is 3.70. The number of urea groups is 1. The lowest BCUT2D eigenvalue weighted by Gasteiger charge is -2.14. The van der Waals surface area contributed by atoms with E-state index in [1.807, 2.05) is 6.92 Å². The second-order valence-corrected chi connectivity index (χ2v) is 2.24. The summed E-state index contributed by atoms with van der Waals surface area (Å²) in [5.74, 6) is 0. The van der Waals surface area contributed by atoms with Crippen LogP contribution in [0.4, 0.5) is 4.79 Å². The number of carbonyl (C=O) groups excluding carboxylic acids is 1. The Balaban J connectivity index is 3.36. The van der Waals surface area contributed by atoms with Crippen LogP contribution in [-0.2, 0) is 4.74 Å². The maximum atomic E-state index is 11.0. The van der Waals surface area contributed by atoms with Crippen molar-refractivity contribution in [3.8, 4) is 0 Å². The Kier molecular flexibility index (Phi) is 5.56. The Morgan fingerprint density at radius 3 is 2.73 bits per heavy atom. The molecule has 0 aliphatic carbocycles. The van der Waals surface area contributed by atoms with E-state index in [1.54, 1.807) is 19.1 Å². The Hall–Kier alpha value is -0.770. The van der Waals surface area contributed by atoms with Crippen LogP contribution in [0.5, 0.6) is 0 Å². The van der Waals surface area contributed by atoms with Gasteiger partial charge < -0.3 is 15.0 Å². The molecule has 2 amide bonds. The fourth-order valence-corrected chi connectivity index (χ4v) is 0.539. The van der Waals surface area contributed by atoms with E-state index in [9.17, 15) is 4.79 Å². The van der Waals surface area contributed by atoms with Crippen molar-refractivity contribution in [2.24, 2.45) is 0 Å². The molecule has 0 fully saturated rings. The molecule has 0 saturated carbocycles. The summed E-state index contributed by atoms with van der Waals surface area (Å²) in [4.78, 5) is 12.6. The average Bonchev–Trinajstić information content (AvgIpc) is 2.03. The summed E-state index contributed by atoms with van der Waals surface area (Å²) >= 11 is 0. The van der Waals surface area contributed by atoms with Crippen LogP contribution in [0.15, 0.2) is 0 Å². The number of rotatable bonds is 4. The first kappa shape index (κ1) is 10.2. The molecule has 0 unspecified atom stereocenters. The summed E-state index contributed by atoms with van der Waals surface area (Å²) < 4.78 is 4.77. The molecule has 0 heterocycles. The van der Waals surface area contributed by atoms with Crippen LogP contribution in [0.25, 0.3) is 0 Å². The number of hydrogen-bond acceptors (Lipinski definition) is 2. The molecule has 1 N–H and O–H groups in total. The van der Waals surface area contributed by atoms with Crippen molar-refractivity contribution >= 4 is 6.03 Å². The molecule has 0 spiro atoms. The van der Waals surface area contributed by atoms with E-state index in [2.05, 4.69) is 5.32 Å². The standard InChI is InChI=1S/C7H16N2O2/c1-4-9(2)7(10)8-5-6-11-3/h4-6H2,1-3H3,(H,8,10).